The lowest BCUT2D eigenvalue weighted by atomic mass is 10.2. The molecular weight excluding hydrogens is 374 g/mol. The van der Waals surface area contributed by atoms with Crippen LogP contribution in [0.4, 0.5) is 0 Å². The van der Waals surface area contributed by atoms with E-state index in [9.17, 15) is 9.59 Å². The Labute approximate surface area is 159 Å². The van der Waals surface area contributed by atoms with Crippen molar-refractivity contribution >= 4 is 46.6 Å². The molecule has 1 atom stereocenters. The quantitative estimate of drug-likeness (QED) is 0.519. The number of hydrogen-bond donors (Lipinski definition) is 1. The molecule has 1 N–H and O–H groups in total. The zero-order valence-corrected chi connectivity index (χ0v) is 16.3. The predicted molar refractivity (Wildman–Crippen MR) is 102 cm³/mol. The fourth-order valence-corrected chi connectivity index (χ4v) is 5.01. The second-order valence-corrected chi connectivity index (χ2v) is 9.32. The van der Waals surface area contributed by atoms with E-state index in [-0.39, 0.29) is 17.7 Å². The Bertz CT molecular complexity index is 732. The Balaban J connectivity index is 1.41. The van der Waals surface area contributed by atoms with E-state index in [0.717, 1.165) is 8.68 Å². The van der Waals surface area contributed by atoms with E-state index in [0.29, 0.717) is 23.0 Å². The minimum Gasteiger partial charge on any atom is -0.353 e. The van der Waals surface area contributed by atoms with Crippen LogP contribution in [0.5, 0.6) is 0 Å². The topological polar surface area (TPSA) is 72.0 Å². The predicted octanol–water partition coefficient (Wildman–Crippen LogP) is 3.52. The van der Waals surface area contributed by atoms with Crippen molar-refractivity contribution in [2.45, 2.75) is 34.5 Å². The van der Waals surface area contributed by atoms with Gasteiger partial charge >= 0.3 is 0 Å². The number of carbonyl (C=O) groups is 2. The molecule has 1 aliphatic carbocycles. The first-order valence-corrected chi connectivity index (χ1v) is 10.9. The number of Topliss-reactive ketones (excluding diaryl/α,β-unsaturated/α-hetero) is 1. The van der Waals surface area contributed by atoms with Gasteiger partial charge in [0.1, 0.15) is 0 Å². The molecule has 1 aliphatic rings. The van der Waals surface area contributed by atoms with Crippen LogP contribution in [0.3, 0.4) is 0 Å². The van der Waals surface area contributed by atoms with E-state index in [1.165, 1.54) is 47.7 Å². The fraction of sp³-hybridized carbons (Fsp3) is 0.412. The van der Waals surface area contributed by atoms with Gasteiger partial charge in [-0.3, -0.25) is 9.59 Å². The highest BCUT2D eigenvalue weighted by atomic mass is 32.2. The zero-order chi connectivity index (χ0) is 17.6. The number of carbonyl (C=O) groups excluding carboxylic acids is 2. The van der Waals surface area contributed by atoms with Crippen molar-refractivity contribution < 1.29 is 9.59 Å². The largest absolute Gasteiger partial charge is 0.353 e. The molecule has 132 valence electrons. The second-order valence-electron chi connectivity index (χ2n) is 5.89. The minimum atomic E-state index is 0.0352. The lowest BCUT2D eigenvalue weighted by Crippen LogP contribution is -2.35. The third-order valence-corrected chi connectivity index (χ3v) is 7.04. The summed E-state index contributed by atoms with van der Waals surface area (Å²) in [6.45, 7) is 2.06. The number of amides is 1. The van der Waals surface area contributed by atoms with Crippen molar-refractivity contribution in [3.8, 4) is 0 Å². The summed E-state index contributed by atoms with van der Waals surface area (Å²) in [6.07, 6.45) is 2.43. The van der Waals surface area contributed by atoms with Gasteiger partial charge in [0.25, 0.3) is 0 Å². The summed E-state index contributed by atoms with van der Waals surface area (Å²) in [6, 6.07) is 9.48. The number of ketones is 1. The summed E-state index contributed by atoms with van der Waals surface area (Å²) in [5.74, 6) is 1.44. The third-order valence-electron chi connectivity index (χ3n) is 3.85. The van der Waals surface area contributed by atoms with E-state index in [1.54, 1.807) is 0 Å². The first kappa shape index (κ1) is 18.4. The molecule has 1 amide bonds. The molecule has 0 bridgehead atoms. The van der Waals surface area contributed by atoms with Crippen LogP contribution < -0.4 is 5.32 Å². The highest BCUT2D eigenvalue weighted by Crippen LogP contribution is 2.32. The number of nitrogens with one attached hydrogen (secondary N) is 1. The van der Waals surface area contributed by atoms with Crippen molar-refractivity contribution in [2.75, 3.05) is 11.5 Å². The Morgan fingerprint density at radius 1 is 1.16 bits per heavy atom. The van der Waals surface area contributed by atoms with Crippen LogP contribution in [-0.2, 0) is 4.79 Å². The molecule has 0 radical (unpaired) electrons. The van der Waals surface area contributed by atoms with Gasteiger partial charge < -0.3 is 5.32 Å². The fourth-order valence-electron chi connectivity index (χ4n) is 2.29. The first-order chi connectivity index (χ1) is 12.1. The van der Waals surface area contributed by atoms with Gasteiger partial charge in [-0.25, -0.2) is 0 Å². The lowest BCUT2D eigenvalue weighted by Gasteiger charge is -2.11. The average molecular weight is 394 g/mol. The lowest BCUT2D eigenvalue weighted by molar-refractivity contribution is -0.119. The molecule has 0 spiro atoms. The molecule has 0 saturated heterocycles. The second kappa shape index (κ2) is 8.82. The molecule has 0 aliphatic heterocycles. The van der Waals surface area contributed by atoms with Gasteiger partial charge in [0.2, 0.25) is 5.91 Å². The third kappa shape index (κ3) is 5.83. The Hall–Kier alpha value is -1.38. The molecule has 1 aromatic carbocycles. The van der Waals surface area contributed by atoms with Crippen molar-refractivity contribution in [3.63, 3.8) is 0 Å². The van der Waals surface area contributed by atoms with E-state index in [1.807, 2.05) is 30.3 Å². The van der Waals surface area contributed by atoms with Gasteiger partial charge in [-0.2, -0.15) is 0 Å². The van der Waals surface area contributed by atoms with Crippen LogP contribution in [0, 0.1) is 5.92 Å². The van der Waals surface area contributed by atoms with Gasteiger partial charge in [-0.05, 0) is 25.7 Å². The summed E-state index contributed by atoms with van der Waals surface area (Å²) in [4.78, 5) is 24.0. The maximum atomic E-state index is 12.1. The van der Waals surface area contributed by atoms with Gasteiger partial charge in [0.15, 0.2) is 14.5 Å². The number of hydrogen-bond acceptors (Lipinski definition) is 7. The molecule has 1 fully saturated rings. The van der Waals surface area contributed by atoms with Gasteiger partial charge in [0, 0.05) is 11.6 Å². The Morgan fingerprint density at radius 2 is 1.80 bits per heavy atom. The molecule has 1 aromatic heterocycles. The van der Waals surface area contributed by atoms with E-state index >= 15 is 0 Å². The van der Waals surface area contributed by atoms with Crippen molar-refractivity contribution in [3.05, 3.63) is 35.9 Å². The SMILES string of the molecule is C[C@H](NC(=O)CSc1nnc(SCC(=O)c2ccccc2)s1)C1CC1. The molecule has 3 rings (SSSR count). The first-order valence-electron chi connectivity index (χ1n) is 8.08. The number of rotatable bonds is 9. The summed E-state index contributed by atoms with van der Waals surface area (Å²) in [5, 5.41) is 11.2. The van der Waals surface area contributed by atoms with Crippen LogP contribution >= 0.6 is 34.9 Å². The van der Waals surface area contributed by atoms with Gasteiger partial charge in [-0.15, -0.1) is 10.2 Å². The van der Waals surface area contributed by atoms with E-state index in [2.05, 4.69) is 22.4 Å². The molecule has 1 saturated carbocycles. The summed E-state index contributed by atoms with van der Waals surface area (Å²) >= 11 is 4.19. The van der Waals surface area contributed by atoms with Crippen LogP contribution in [0.2, 0.25) is 0 Å². The molecule has 25 heavy (non-hydrogen) atoms. The summed E-state index contributed by atoms with van der Waals surface area (Å²) in [7, 11) is 0. The van der Waals surface area contributed by atoms with Crippen LogP contribution in [-0.4, -0.2) is 39.4 Å². The molecule has 5 nitrogen and oxygen atoms in total. The van der Waals surface area contributed by atoms with Crippen LogP contribution in [0.1, 0.15) is 30.1 Å². The van der Waals surface area contributed by atoms with Crippen molar-refractivity contribution in [2.24, 2.45) is 5.92 Å². The summed E-state index contributed by atoms with van der Waals surface area (Å²) in [5.41, 5.74) is 0.704. The molecule has 8 heteroatoms. The smallest absolute Gasteiger partial charge is 0.230 e. The Morgan fingerprint density at radius 3 is 2.44 bits per heavy atom. The maximum Gasteiger partial charge on any atom is 0.230 e. The monoisotopic (exact) mass is 393 g/mol. The minimum absolute atomic E-state index is 0.0352. The number of aromatic nitrogens is 2. The number of benzene rings is 1. The van der Waals surface area contributed by atoms with Crippen LogP contribution in [0.25, 0.3) is 0 Å². The van der Waals surface area contributed by atoms with E-state index in [4.69, 9.17) is 0 Å². The molecule has 1 heterocycles. The van der Waals surface area contributed by atoms with Crippen molar-refractivity contribution in [1.29, 1.82) is 0 Å². The molecule has 0 unspecified atom stereocenters. The standard InChI is InChI=1S/C17H19N3O2S3/c1-11(12-7-8-12)18-15(22)10-24-17-20-19-16(25-17)23-9-14(21)13-5-3-2-4-6-13/h2-6,11-12H,7-10H2,1H3,(H,18,22)/t11-/m0/s1. The number of thioether (sulfide) groups is 2. The Kier molecular flexibility index (Phi) is 6.50. The van der Waals surface area contributed by atoms with Gasteiger partial charge in [-0.1, -0.05) is 65.2 Å². The molecular formula is C17H19N3O2S3. The van der Waals surface area contributed by atoms with E-state index < -0.39 is 0 Å². The normalized spacial score (nSPS) is 14.9. The summed E-state index contributed by atoms with van der Waals surface area (Å²) < 4.78 is 1.50. The maximum absolute atomic E-state index is 12.1. The average Bonchev–Trinajstić information content (AvgIpc) is 3.38. The number of nitrogens with zero attached hydrogens (tertiary/aromatic N) is 2. The molecule has 2 aromatic rings. The highest BCUT2D eigenvalue weighted by Gasteiger charge is 2.28. The van der Waals surface area contributed by atoms with Gasteiger partial charge in [0.05, 0.1) is 11.5 Å². The van der Waals surface area contributed by atoms with Crippen LogP contribution in [0.15, 0.2) is 39.0 Å². The zero-order valence-electron chi connectivity index (χ0n) is 13.8. The highest BCUT2D eigenvalue weighted by molar-refractivity contribution is 8.03. The van der Waals surface area contributed by atoms with Crippen molar-refractivity contribution in [1.82, 2.24) is 15.5 Å².